The second-order valence-corrected chi connectivity index (χ2v) is 8.08. The van der Waals surface area contributed by atoms with Gasteiger partial charge in [-0.15, -0.1) is 0 Å². The van der Waals surface area contributed by atoms with Crippen molar-refractivity contribution in [2.24, 2.45) is 0 Å². The number of hydrogen-bond donors (Lipinski definition) is 1. The number of aryl methyl sites for hydroxylation is 1. The Morgan fingerprint density at radius 2 is 2.06 bits per heavy atom. The van der Waals surface area contributed by atoms with Crippen molar-refractivity contribution in [3.63, 3.8) is 0 Å². The van der Waals surface area contributed by atoms with Crippen molar-refractivity contribution in [1.82, 2.24) is 24.6 Å². The zero-order chi connectivity index (χ0) is 23.4. The highest BCUT2D eigenvalue weighted by Gasteiger charge is 2.18. The fourth-order valence-corrected chi connectivity index (χ4v) is 3.49. The molecule has 9 nitrogen and oxygen atoms in total. The van der Waals surface area contributed by atoms with Crippen LogP contribution in [0.2, 0.25) is 0 Å². The Morgan fingerprint density at radius 1 is 1.27 bits per heavy atom. The van der Waals surface area contributed by atoms with Crippen molar-refractivity contribution in [3.05, 3.63) is 48.2 Å². The number of morpholine rings is 1. The highest BCUT2D eigenvalue weighted by Crippen LogP contribution is 2.28. The van der Waals surface area contributed by atoms with Gasteiger partial charge in [0.05, 0.1) is 36.9 Å². The van der Waals surface area contributed by atoms with E-state index in [1.807, 2.05) is 20.8 Å². The molecule has 174 valence electrons. The zero-order valence-electron chi connectivity index (χ0n) is 18.9. The smallest absolute Gasteiger partial charge is 0.244 e. The third kappa shape index (κ3) is 5.64. The Bertz CT molecular complexity index is 1130. The molecule has 3 aromatic rings. The Balaban J connectivity index is 1.46. The maximum atomic E-state index is 14.5. The van der Waals surface area contributed by atoms with Gasteiger partial charge in [0.15, 0.2) is 11.6 Å². The molecule has 1 saturated heterocycles. The Hall–Kier alpha value is -3.53. The number of carbonyl (C=O) groups excluding carboxylic acids is 1. The Labute approximate surface area is 191 Å². The van der Waals surface area contributed by atoms with Gasteiger partial charge in [0.1, 0.15) is 6.54 Å². The van der Waals surface area contributed by atoms with E-state index in [1.54, 1.807) is 40.3 Å². The van der Waals surface area contributed by atoms with E-state index in [-0.39, 0.29) is 24.3 Å². The molecule has 0 atom stereocenters. The number of anilines is 2. The molecule has 33 heavy (non-hydrogen) atoms. The highest BCUT2D eigenvalue weighted by atomic mass is 19.1. The molecule has 0 aliphatic carbocycles. The van der Waals surface area contributed by atoms with Crippen molar-refractivity contribution in [2.45, 2.75) is 33.4 Å². The van der Waals surface area contributed by atoms with E-state index >= 15 is 0 Å². The summed E-state index contributed by atoms with van der Waals surface area (Å²) in [6.07, 6.45) is 4.88. The third-order valence-corrected chi connectivity index (χ3v) is 5.09. The molecular formula is C23H27FN6O3. The summed E-state index contributed by atoms with van der Waals surface area (Å²) in [4.78, 5) is 23.1. The summed E-state index contributed by atoms with van der Waals surface area (Å²) in [7, 11) is 0. The predicted molar refractivity (Wildman–Crippen MR) is 121 cm³/mol. The van der Waals surface area contributed by atoms with E-state index in [4.69, 9.17) is 9.47 Å². The van der Waals surface area contributed by atoms with Crippen molar-refractivity contribution in [3.8, 4) is 17.0 Å². The summed E-state index contributed by atoms with van der Waals surface area (Å²) in [5.41, 5.74) is 2.69. The summed E-state index contributed by atoms with van der Waals surface area (Å²) in [5, 5.41) is 7.34. The summed E-state index contributed by atoms with van der Waals surface area (Å²) in [5.74, 6) is 0.101. The van der Waals surface area contributed by atoms with Crippen molar-refractivity contribution < 1.29 is 18.7 Å². The van der Waals surface area contributed by atoms with Gasteiger partial charge in [-0.05, 0) is 44.5 Å². The second-order valence-electron chi connectivity index (χ2n) is 8.08. The molecule has 1 aromatic carbocycles. The topological polar surface area (TPSA) is 94.4 Å². The van der Waals surface area contributed by atoms with Crippen molar-refractivity contribution in [2.75, 3.05) is 31.6 Å². The maximum absolute atomic E-state index is 14.5. The first-order valence-electron chi connectivity index (χ1n) is 10.8. The van der Waals surface area contributed by atoms with E-state index < -0.39 is 5.82 Å². The average Bonchev–Trinajstić information content (AvgIpc) is 3.23. The largest absolute Gasteiger partial charge is 0.488 e. The lowest BCUT2D eigenvalue weighted by Gasteiger charge is -2.26. The van der Waals surface area contributed by atoms with Crippen molar-refractivity contribution >= 4 is 17.5 Å². The molecule has 3 heterocycles. The number of rotatable bonds is 7. The third-order valence-electron chi connectivity index (χ3n) is 5.09. The van der Waals surface area contributed by atoms with E-state index in [1.165, 1.54) is 6.07 Å². The van der Waals surface area contributed by atoms with Crippen LogP contribution in [0.1, 0.15) is 19.4 Å². The quantitative estimate of drug-likeness (QED) is 0.586. The van der Waals surface area contributed by atoms with E-state index in [0.717, 1.165) is 5.56 Å². The summed E-state index contributed by atoms with van der Waals surface area (Å²) >= 11 is 0. The predicted octanol–water partition coefficient (Wildman–Crippen LogP) is 3.18. The van der Waals surface area contributed by atoms with Gasteiger partial charge in [0.2, 0.25) is 11.9 Å². The number of halogens is 1. The zero-order valence-corrected chi connectivity index (χ0v) is 18.9. The minimum atomic E-state index is -0.445. The van der Waals surface area contributed by atoms with Gasteiger partial charge in [0, 0.05) is 31.0 Å². The van der Waals surface area contributed by atoms with Crippen LogP contribution in [0.5, 0.6) is 5.75 Å². The number of hydrogen-bond acceptors (Lipinski definition) is 7. The molecule has 4 rings (SSSR count). The van der Waals surface area contributed by atoms with E-state index in [9.17, 15) is 9.18 Å². The number of carbonyl (C=O) groups is 1. The fourth-order valence-electron chi connectivity index (χ4n) is 3.49. The average molecular weight is 455 g/mol. The Kier molecular flexibility index (Phi) is 6.83. The first-order chi connectivity index (χ1) is 15.9. The van der Waals surface area contributed by atoms with Crippen LogP contribution >= 0.6 is 0 Å². The van der Waals surface area contributed by atoms with Crippen molar-refractivity contribution in [1.29, 1.82) is 0 Å². The van der Waals surface area contributed by atoms with Crippen LogP contribution in [0.4, 0.5) is 16.0 Å². The lowest BCUT2D eigenvalue weighted by molar-refractivity contribution is -0.136. The minimum absolute atomic E-state index is 0.00579. The summed E-state index contributed by atoms with van der Waals surface area (Å²) < 4.78 is 26.8. The molecule has 1 N–H and O–H groups in total. The molecule has 1 fully saturated rings. The number of benzene rings is 1. The maximum Gasteiger partial charge on any atom is 0.244 e. The monoisotopic (exact) mass is 454 g/mol. The SMILES string of the molecule is Cc1cnc(Nc2cnn(CC(=O)N3CCOCC3)c2)nc1-c1ccc(OC(C)C)c(F)c1. The van der Waals surface area contributed by atoms with Crippen LogP contribution in [0.15, 0.2) is 36.8 Å². The molecule has 2 aromatic heterocycles. The van der Waals surface area contributed by atoms with Gasteiger partial charge in [-0.2, -0.15) is 5.10 Å². The number of nitrogens with one attached hydrogen (secondary N) is 1. The molecule has 0 radical (unpaired) electrons. The van der Waals surface area contributed by atoms with Crippen LogP contribution in [0.25, 0.3) is 11.3 Å². The Morgan fingerprint density at radius 3 is 2.79 bits per heavy atom. The summed E-state index contributed by atoms with van der Waals surface area (Å²) in [6, 6.07) is 4.79. The molecule has 0 bridgehead atoms. The molecule has 0 spiro atoms. The summed E-state index contributed by atoms with van der Waals surface area (Å²) in [6.45, 7) is 8.01. The van der Waals surface area contributed by atoms with Gasteiger partial charge in [-0.3, -0.25) is 9.48 Å². The van der Waals surface area contributed by atoms with Crippen LogP contribution in [0.3, 0.4) is 0 Å². The normalized spacial score (nSPS) is 13.9. The number of ether oxygens (including phenoxy) is 2. The molecule has 10 heteroatoms. The molecule has 0 saturated carbocycles. The lowest BCUT2D eigenvalue weighted by atomic mass is 10.1. The standard InChI is InChI=1S/C23H27FN6O3/c1-15(2)33-20-5-4-17(10-19(20)24)22-16(3)11-25-23(28-22)27-18-12-26-30(13-18)14-21(31)29-6-8-32-9-7-29/h4-5,10-13,15H,6-9,14H2,1-3H3,(H,25,27,28). The minimum Gasteiger partial charge on any atom is -0.488 e. The molecule has 0 unspecified atom stereocenters. The van der Waals surface area contributed by atoms with Gasteiger partial charge in [-0.1, -0.05) is 0 Å². The van der Waals surface area contributed by atoms with Gasteiger partial charge < -0.3 is 19.7 Å². The van der Waals surface area contributed by atoms with Gasteiger partial charge in [0.25, 0.3) is 0 Å². The van der Waals surface area contributed by atoms with E-state index in [0.29, 0.717) is 49.2 Å². The van der Waals surface area contributed by atoms with Crippen LogP contribution in [-0.4, -0.2) is 63.0 Å². The first-order valence-corrected chi connectivity index (χ1v) is 10.8. The van der Waals surface area contributed by atoms with E-state index in [2.05, 4.69) is 20.4 Å². The van der Waals surface area contributed by atoms with Crippen LogP contribution < -0.4 is 10.1 Å². The fraction of sp³-hybridized carbons (Fsp3) is 0.391. The molecule has 1 aliphatic rings. The molecule has 1 amide bonds. The number of amides is 1. The highest BCUT2D eigenvalue weighted by molar-refractivity contribution is 5.76. The lowest BCUT2D eigenvalue weighted by Crippen LogP contribution is -2.42. The molecule has 1 aliphatic heterocycles. The number of aromatic nitrogens is 4. The first kappa shape index (κ1) is 22.7. The van der Waals surface area contributed by atoms with Crippen LogP contribution in [-0.2, 0) is 16.1 Å². The number of nitrogens with zero attached hydrogens (tertiary/aromatic N) is 5. The van der Waals surface area contributed by atoms with Gasteiger partial charge in [-0.25, -0.2) is 14.4 Å². The molecular weight excluding hydrogens is 427 g/mol. The van der Waals surface area contributed by atoms with Gasteiger partial charge >= 0.3 is 0 Å². The second kappa shape index (κ2) is 9.95. The van der Waals surface area contributed by atoms with Crippen LogP contribution in [0, 0.1) is 12.7 Å².